The van der Waals surface area contributed by atoms with Gasteiger partial charge in [-0.2, -0.15) is 0 Å². The maximum Gasteiger partial charge on any atom is 0.237 e. The van der Waals surface area contributed by atoms with Crippen LogP contribution >= 0.6 is 15.9 Å². The first kappa shape index (κ1) is 9.74. The molecular formula is C8H13BrN2O. The molecule has 1 aliphatic heterocycles. The van der Waals surface area contributed by atoms with Gasteiger partial charge >= 0.3 is 0 Å². The summed E-state index contributed by atoms with van der Waals surface area (Å²) in [6.45, 7) is 5.10. The van der Waals surface area contributed by atoms with Gasteiger partial charge in [-0.15, -0.1) is 0 Å². The van der Waals surface area contributed by atoms with Crippen molar-refractivity contribution in [2.45, 2.75) is 18.9 Å². The van der Waals surface area contributed by atoms with Crippen molar-refractivity contribution in [3.05, 3.63) is 11.1 Å². The molecule has 2 N–H and O–H groups in total. The number of nitrogens with one attached hydrogen (secondary N) is 2. The standard InChI is InChI=1S/C8H13BrN2O/c1-6(9)5-11-8(12)7-3-2-4-10-7/h7,10H,1-5H2,(H,11,12)/t7-/m0/s1. The quantitative estimate of drug-likeness (QED) is 0.755. The number of carbonyl (C=O) groups excluding carboxylic acids is 1. The van der Waals surface area contributed by atoms with E-state index in [9.17, 15) is 4.79 Å². The molecule has 4 heteroatoms. The fraction of sp³-hybridized carbons (Fsp3) is 0.625. The van der Waals surface area contributed by atoms with Crippen LogP contribution in [-0.4, -0.2) is 25.0 Å². The van der Waals surface area contributed by atoms with Crippen molar-refractivity contribution in [1.29, 1.82) is 0 Å². The molecule has 0 spiro atoms. The van der Waals surface area contributed by atoms with Crippen LogP contribution < -0.4 is 10.6 Å². The second-order valence-corrected chi connectivity index (χ2v) is 4.01. The van der Waals surface area contributed by atoms with Crippen LogP contribution in [0.2, 0.25) is 0 Å². The van der Waals surface area contributed by atoms with Gasteiger partial charge in [0.25, 0.3) is 0 Å². The molecule has 1 fully saturated rings. The molecular weight excluding hydrogens is 220 g/mol. The van der Waals surface area contributed by atoms with E-state index in [0.717, 1.165) is 23.9 Å². The molecule has 0 aromatic carbocycles. The van der Waals surface area contributed by atoms with Crippen molar-refractivity contribution in [3.63, 3.8) is 0 Å². The molecule has 1 heterocycles. The molecule has 0 bridgehead atoms. The van der Waals surface area contributed by atoms with Crippen LogP contribution in [0.1, 0.15) is 12.8 Å². The molecule has 0 unspecified atom stereocenters. The molecule has 3 nitrogen and oxygen atoms in total. The highest BCUT2D eigenvalue weighted by molar-refractivity contribution is 9.11. The van der Waals surface area contributed by atoms with Crippen LogP contribution in [0.5, 0.6) is 0 Å². The smallest absolute Gasteiger partial charge is 0.237 e. The lowest BCUT2D eigenvalue weighted by Gasteiger charge is -2.09. The molecule has 0 saturated carbocycles. The third kappa shape index (κ3) is 2.95. The van der Waals surface area contributed by atoms with Crippen LogP contribution in [0, 0.1) is 0 Å². The van der Waals surface area contributed by atoms with Crippen molar-refractivity contribution in [1.82, 2.24) is 10.6 Å². The number of rotatable bonds is 3. The second kappa shape index (κ2) is 4.62. The SMILES string of the molecule is C=C(Br)CNC(=O)[C@@H]1CCCN1. The maximum atomic E-state index is 11.3. The number of hydrogen-bond acceptors (Lipinski definition) is 2. The summed E-state index contributed by atoms with van der Waals surface area (Å²) in [7, 11) is 0. The normalized spacial score (nSPS) is 22.2. The van der Waals surface area contributed by atoms with E-state index in [2.05, 4.69) is 33.1 Å². The number of hydrogen-bond donors (Lipinski definition) is 2. The Bertz CT molecular complexity index is 187. The number of halogens is 1. The Morgan fingerprint density at radius 3 is 3.00 bits per heavy atom. The van der Waals surface area contributed by atoms with Crippen molar-refractivity contribution in [2.24, 2.45) is 0 Å². The molecule has 0 radical (unpaired) electrons. The average Bonchev–Trinajstić information content (AvgIpc) is 2.51. The van der Waals surface area contributed by atoms with Gasteiger partial charge in [-0.05, 0) is 19.4 Å². The Hall–Kier alpha value is -0.350. The molecule has 68 valence electrons. The summed E-state index contributed by atoms with van der Waals surface area (Å²) < 4.78 is 0.800. The van der Waals surface area contributed by atoms with Crippen molar-refractivity contribution in [3.8, 4) is 0 Å². The van der Waals surface area contributed by atoms with Gasteiger partial charge in [0, 0.05) is 11.0 Å². The molecule has 1 aliphatic rings. The van der Waals surface area contributed by atoms with E-state index in [1.165, 1.54) is 0 Å². The lowest BCUT2D eigenvalue weighted by Crippen LogP contribution is -2.40. The zero-order chi connectivity index (χ0) is 8.97. The molecule has 0 aromatic rings. The Balaban J connectivity index is 2.23. The summed E-state index contributed by atoms with van der Waals surface area (Å²) in [5, 5.41) is 5.90. The third-order valence-corrected chi connectivity index (χ3v) is 2.11. The summed E-state index contributed by atoms with van der Waals surface area (Å²) in [5.41, 5.74) is 0. The first-order chi connectivity index (χ1) is 5.70. The minimum Gasteiger partial charge on any atom is -0.350 e. The van der Waals surface area contributed by atoms with E-state index in [1.807, 2.05) is 0 Å². The highest BCUT2D eigenvalue weighted by Gasteiger charge is 2.21. The minimum atomic E-state index is 0.0110. The van der Waals surface area contributed by atoms with Crippen molar-refractivity contribution >= 4 is 21.8 Å². The molecule has 0 aliphatic carbocycles. The van der Waals surface area contributed by atoms with Gasteiger partial charge in [-0.3, -0.25) is 4.79 Å². The van der Waals surface area contributed by atoms with E-state index < -0.39 is 0 Å². The average molecular weight is 233 g/mol. The highest BCUT2D eigenvalue weighted by Crippen LogP contribution is 2.05. The molecule has 1 amide bonds. The largest absolute Gasteiger partial charge is 0.350 e. The topological polar surface area (TPSA) is 41.1 Å². The van der Waals surface area contributed by atoms with Gasteiger partial charge in [-0.25, -0.2) is 0 Å². The summed E-state index contributed by atoms with van der Waals surface area (Å²) >= 11 is 3.18. The lowest BCUT2D eigenvalue weighted by atomic mass is 10.2. The van der Waals surface area contributed by atoms with Gasteiger partial charge in [0.15, 0.2) is 0 Å². The Morgan fingerprint density at radius 1 is 1.75 bits per heavy atom. The lowest BCUT2D eigenvalue weighted by molar-refractivity contribution is -0.122. The molecule has 1 saturated heterocycles. The van der Waals surface area contributed by atoms with Crippen LogP contribution in [0.15, 0.2) is 11.1 Å². The van der Waals surface area contributed by atoms with E-state index in [-0.39, 0.29) is 11.9 Å². The van der Waals surface area contributed by atoms with E-state index >= 15 is 0 Å². The van der Waals surface area contributed by atoms with Gasteiger partial charge in [0.1, 0.15) is 0 Å². The molecule has 1 rings (SSSR count). The van der Waals surface area contributed by atoms with Crippen LogP contribution in [-0.2, 0) is 4.79 Å². The third-order valence-electron chi connectivity index (χ3n) is 1.83. The fourth-order valence-corrected chi connectivity index (χ4v) is 1.35. The molecule has 1 atom stereocenters. The molecule has 0 aromatic heterocycles. The number of carbonyl (C=O) groups is 1. The Morgan fingerprint density at radius 2 is 2.50 bits per heavy atom. The minimum absolute atomic E-state index is 0.0110. The van der Waals surface area contributed by atoms with E-state index in [1.54, 1.807) is 0 Å². The summed E-state index contributed by atoms with van der Waals surface area (Å²) in [4.78, 5) is 11.3. The maximum absolute atomic E-state index is 11.3. The summed E-state index contributed by atoms with van der Waals surface area (Å²) in [6.07, 6.45) is 2.04. The van der Waals surface area contributed by atoms with Gasteiger partial charge < -0.3 is 10.6 Å². The van der Waals surface area contributed by atoms with Gasteiger partial charge in [0.05, 0.1) is 6.04 Å². The zero-order valence-corrected chi connectivity index (χ0v) is 8.49. The van der Waals surface area contributed by atoms with Crippen molar-refractivity contribution < 1.29 is 4.79 Å². The predicted molar refractivity (Wildman–Crippen MR) is 52.1 cm³/mol. The predicted octanol–water partition coefficient (Wildman–Crippen LogP) is 0.763. The second-order valence-electron chi connectivity index (χ2n) is 2.88. The van der Waals surface area contributed by atoms with Crippen LogP contribution in [0.3, 0.4) is 0 Å². The highest BCUT2D eigenvalue weighted by atomic mass is 79.9. The summed E-state index contributed by atoms with van der Waals surface area (Å²) in [5.74, 6) is 0.0769. The monoisotopic (exact) mass is 232 g/mol. The van der Waals surface area contributed by atoms with E-state index in [0.29, 0.717) is 6.54 Å². The Kier molecular flexibility index (Phi) is 3.75. The summed E-state index contributed by atoms with van der Waals surface area (Å²) in [6, 6.07) is 0.0110. The number of amides is 1. The van der Waals surface area contributed by atoms with Crippen LogP contribution in [0.25, 0.3) is 0 Å². The Labute approximate surface area is 80.7 Å². The van der Waals surface area contributed by atoms with Crippen LogP contribution in [0.4, 0.5) is 0 Å². The van der Waals surface area contributed by atoms with Crippen molar-refractivity contribution in [2.75, 3.05) is 13.1 Å². The first-order valence-corrected chi connectivity index (χ1v) is 4.84. The van der Waals surface area contributed by atoms with Gasteiger partial charge in [-0.1, -0.05) is 22.5 Å². The zero-order valence-electron chi connectivity index (χ0n) is 6.90. The van der Waals surface area contributed by atoms with E-state index in [4.69, 9.17) is 0 Å². The van der Waals surface area contributed by atoms with Gasteiger partial charge in [0.2, 0.25) is 5.91 Å². The molecule has 12 heavy (non-hydrogen) atoms. The first-order valence-electron chi connectivity index (χ1n) is 4.04. The fourth-order valence-electron chi connectivity index (χ4n) is 1.21.